The zero-order chi connectivity index (χ0) is 26.1. The summed E-state index contributed by atoms with van der Waals surface area (Å²) in [6.07, 6.45) is 0. The van der Waals surface area contributed by atoms with E-state index in [0.717, 1.165) is 0 Å². The standard InChI is InChI=1S/C27H21N3O5S2/c31-26-25(21-13-5-1-6-14-21)28-27(22-15-7-2-8-16-22,29-36(32,33)23-17-9-3-10-18-23)30(26)37(34,35)24-19-11-4-12-20-24/h1-20,29H. The number of nitrogens with one attached hydrogen (secondary N) is 1. The molecule has 1 aliphatic heterocycles. The molecule has 1 aliphatic rings. The van der Waals surface area contributed by atoms with Gasteiger partial charge in [0.2, 0.25) is 15.8 Å². The van der Waals surface area contributed by atoms with Crippen LogP contribution in [0.4, 0.5) is 0 Å². The van der Waals surface area contributed by atoms with Gasteiger partial charge in [-0.1, -0.05) is 97.1 Å². The molecule has 37 heavy (non-hydrogen) atoms. The highest BCUT2D eigenvalue weighted by atomic mass is 32.2. The summed E-state index contributed by atoms with van der Waals surface area (Å²) >= 11 is 0. The SMILES string of the molecule is O=C1C(c2ccccc2)=NC(NS(=O)(=O)c2ccccc2)(c2ccccc2)N1S(=O)(=O)c1ccccc1. The first-order valence-electron chi connectivity index (χ1n) is 11.2. The van der Waals surface area contributed by atoms with Crippen molar-refractivity contribution in [3.05, 3.63) is 132 Å². The van der Waals surface area contributed by atoms with Crippen LogP contribution in [0.2, 0.25) is 0 Å². The van der Waals surface area contributed by atoms with Gasteiger partial charge < -0.3 is 0 Å². The largest absolute Gasteiger partial charge is 0.290 e. The molecular formula is C27H21N3O5S2. The van der Waals surface area contributed by atoms with E-state index < -0.39 is 31.7 Å². The Hall–Kier alpha value is -4.12. The summed E-state index contributed by atoms with van der Waals surface area (Å²) in [4.78, 5) is 18.2. The van der Waals surface area contributed by atoms with Gasteiger partial charge in [-0.3, -0.25) is 4.79 Å². The van der Waals surface area contributed by atoms with E-state index >= 15 is 0 Å². The number of nitrogens with zero attached hydrogens (tertiary/aromatic N) is 2. The third-order valence-electron chi connectivity index (χ3n) is 5.79. The van der Waals surface area contributed by atoms with Crippen LogP contribution in [0.3, 0.4) is 0 Å². The maximum atomic E-state index is 14.0. The van der Waals surface area contributed by atoms with Crippen molar-refractivity contribution in [2.45, 2.75) is 15.6 Å². The highest BCUT2D eigenvalue weighted by molar-refractivity contribution is 7.90. The molecule has 4 aromatic rings. The van der Waals surface area contributed by atoms with Crippen LogP contribution in [-0.4, -0.2) is 32.8 Å². The number of rotatable bonds is 7. The molecule has 0 saturated heterocycles. The van der Waals surface area contributed by atoms with Crippen LogP contribution < -0.4 is 4.72 Å². The number of carbonyl (C=O) groups excluding carboxylic acids is 1. The van der Waals surface area contributed by atoms with Crippen molar-refractivity contribution >= 4 is 31.7 Å². The molecule has 1 unspecified atom stereocenters. The zero-order valence-corrected chi connectivity index (χ0v) is 20.9. The van der Waals surface area contributed by atoms with Crippen molar-refractivity contribution in [1.29, 1.82) is 0 Å². The van der Waals surface area contributed by atoms with Crippen LogP contribution >= 0.6 is 0 Å². The Balaban J connectivity index is 1.81. The van der Waals surface area contributed by atoms with Crippen LogP contribution in [0.5, 0.6) is 0 Å². The Kier molecular flexibility index (Phi) is 6.24. The van der Waals surface area contributed by atoms with Crippen LogP contribution in [0.15, 0.2) is 136 Å². The van der Waals surface area contributed by atoms with Crippen LogP contribution in [0.1, 0.15) is 11.1 Å². The van der Waals surface area contributed by atoms with Crippen molar-refractivity contribution in [1.82, 2.24) is 9.03 Å². The Morgan fingerprint density at radius 1 is 0.622 bits per heavy atom. The third kappa shape index (κ3) is 4.35. The van der Waals surface area contributed by atoms with Crippen molar-refractivity contribution in [3.63, 3.8) is 0 Å². The van der Waals surface area contributed by atoms with Crippen molar-refractivity contribution < 1.29 is 21.6 Å². The highest BCUT2D eigenvalue weighted by Crippen LogP contribution is 2.40. The predicted molar refractivity (Wildman–Crippen MR) is 138 cm³/mol. The molecule has 1 heterocycles. The molecule has 0 radical (unpaired) electrons. The van der Waals surface area contributed by atoms with Crippen molar-refractivity contribution in [2.24, 2.45) is 4.99 Å². The number of hydrogen-bond donors (Lipinski definition) is 1. The minimum atomic E-state index is -4.60. The summed E-state index contributed by atoms with van der Waals surface area (Å²) in [5.41, 5.74) is 0.297. The number of benzene rings is 4. The van der Waals surface area contributed by atoms with E-state index in [9.17, 15) is 21.6 Å². The van der Waals surface area contributed by atoms with Crippen molar-refractivity contribution in [2.75, 3.05) is 0 Å². The van der Waals surface area contributed by atoms with Crippen molar-refractivity contribution in [3.8, 4) is 0 Å². The maximum Gasteiger partial charge on any atom is 0.290 e. The van der Waals surface area contributed by atoms with Crippen LogP contribution in [0.25, 0.3) is 0 Å². The summed E-state index contributed by atoms with van der Waals surface area (Å²) in [7, 11) is -8.97. The van der Waals surface area contributed by atoms with E-state index in [4.69, 9.17) is 0 Å². The summed E-state index contributed by atoms with van der Waals surface area (Å²) in [5.74, 6) is -3.29. The molecule has 8 nitrogen and oxygen atoms in total. The lowest BCUT2D eigenvalue weighted by molar-refractivity contribution is -0.122. The average molecular weight is 532 g/mol. The van der Waals surface area contributed by atoms with E-state index in [1.54, 1.807) is 72.8 Å². The molecule has 1 N–H and O–H groups in total. The first-order valence-corrected chi connectivity index (χ1v) is 14.1. The normalized spacial score (nSPS) is 18.0. The van der Waals surface area contributed by atoms with Gasteiger partial charge in [-0.05, 0) is 24.3 Å². The van der Waals surface area contributed by atoms with Gasteiger partial charge in [-0.25, -0.2) is 21.8 Å². The number of aliphatic imine (C=N–C) groups is 1. The Labute approximate surface area is 215 Å². The smallest absolute Gasteiger partial charge is 0.266 e. The second kappa shape index (κ2) is 9.40. The monoisotopic (exact) mass is 531 g/mol. The molecule has 0 aliphatic carbocycles. The molecule has 0 bridgehead atoms. The summed E-state index contributed by atoms with van der Waals surface area (Å²) in [6.45, 7) is 0. The van der Waals surface area contributed by atoms with E-state index in [1.807, 2.05) is 0 Å². The molecule has 0 saturated carbocycles. The lowest BCUT2D eigenvalue weighted by Crippen LogP contribution is -2.57. The molecule has 4 aromatic carbocycles. The van der Waals surface area contributed by atoms with E-state index in [0.29, 0.717) is 9.87 Å². The van der Waals surface area contributed by atoms with Gasteiger partial charge in [0.1, 0.15) is 5.71 Å². The summed E-state index contributed by atoms with van der Waals surface area (Å²) in [6, 6.07) is 31.1. The molecule has 1 amide bonds. The Bertz CT molecular complexity index is 1680. The lowest BCUT2D eigenvalue weighted by Gasteiger charge is -2.35. The van der Waals surface area contributed by atoms with Crippen LogP contribution in [0, 0.1) is 0 Å². The zero-order valence-electron chi connectivity index (χ0n) is 19.3. The predicted octanol–water partition coefficient (Wildman–Crippen LogP) is 3.50. The van der Waals surface area contributed by atoms with Gasteiger partial charge in [-0.2, -0.15) is 9.03 Å². The fourth-order valence-electron chi connectivity index (χ4n) is 4.08. The van der Waals surface area contributed by atoms with Gasteiger partial charge in [0.25, 0.3) is 15.9 Å². The molecule has 1 atom stereocenters. The molecule has 10 heteroatoms. The quantitative estimate of drug-likeness (QED) is 0.392. The van der Waals surface area contributed by atoms with Gasteiger partial charge >= 0.3 is 0 Å². The fraction of sp³-hybridized carbons (Fsp3) is 0.0370. The molecular weight excluding hydrogens is 510 g/mol. The topological polar surface area (TPSA) is 113 Å². The molecule has 0 fully saturated rings. The van der Waals surface area contributed by atoms with Gasteiger partial charge in [-0.15, -0.1) is 0 Å². The Morgan fingerprint density at radius 2 is 1.08 bits per heavy atom. The maximum absolute atomic E-state index is 14.0. The second-order valence-electron chi connectivity index (χ2n) is 8.17. The third-order valence-corrected chi connectivity index (χ3v) is 9.01. The number of sulfonamides is 2. The lowest BCUT2D eigenvalue weighted by atomic mass is 10.1. The average Bonchev–Trinajstić information content (AvgIpc) is 3.23. The molecule has 0 spiro atoms. The number of amides is 1. The minimum Gasteiger partial charge on any atom is -0.266 e. The van der Waals surface area contributed by atoms with Gasteiger partial charge in [0.05, 0.1) is 9.79 Å². The number of carbonyl (C=O) groups is 1. The number of hydrogen-bond acceptors (Lipinski definition) is 6. The fourth-order valence-corrected chi connectivity index (χ4v) is 6.96. The molecule has 186 valence electrons. The molecule has 0 aromatic heterocycles. The van der Waals surface area contributed by atoms with E-state index in [1.165, 1.54) is 48.5 Å². The summed E-state index contributed by atoms with van der Waals surface area (Å²) in [5, 5.41) is 0. The van der Waals surface area contributed by atoms with E-state index in [-0.39, 0.29) is 21.1 Å². The first kappa shape index (κ1) is 24.6. The summed E-state index contributed by atoms with van der Waals surface area (Å²) < 4.78 is 58.3. The van der Waals surface area contributed by atoms with E-state index in [2.05, 4.69) is 9.71 Å². The first-order chi connectivity index (χ1) is 17.8. The highest BCUT2D eigenvalue weighted by Gasteiger charge is 2.57. The van der Waals surface area contributed by atoms with Gasteiger partial charge in [0.15, 0.2) is 0 Å². The van der Waals surface area contributed by atoms with Gasteiger partial charge in [0, 0.05) is 11.1 Å². The van der Waals surface area contributed by atoms with Crippen LogP contribution in [-0.2, 0) is 30.6 Å². The minimum absolute atomic E-state index is 0.113. The Morgan fingerprint density at radius 3 is 1.62 bits per heavy atom. The molecule has 5 rings (SSSR count). The second-order valence-corrected chi connectivity index (χ2v) is 11.6.